The molecular formula is C9H8IN3O6S2. The molecule has 0 aliphatic carbocycles. The van der Waals surface area contributed by atoms with E-state index in [1.54, 1.807) is 0 Å². The van der Waals surface area contributed by atoms with Crippen LogP contribution in [0.25, 0.3) is 0 Å². The molecule has 0 amide bonds. The molecule has 21 heavy (non-hydrogen) atoms. The van der Waals surface area contributed by atoms with E-state index in [4.69, 9.17) is 5.11 Å². The Labute approximate surface area is 132 Å². The van der Waals surface area contributed by atoms with Crippen molar-refractivity contribution in [2.24, 2.45) is 4.40 Å². The molecule has 0 atom stereocenters. The van der Waals surface area contributed by atoms with E-state index in [1.807, 2.05) is 0 Å². The summed E-state index contributed by atoms with van der Waals surface area (Å²) < 4.78 is 51.7. The molecule has 0 unspecified atom stereocenters. The third kappa shape index (κ3) is 4.04. The molecule has 0 fully saturated rings. The standard InChI is InChI=1S/C9H8IN3O6S2/c10-21(18,19)12-5-1-2-6-7(3-5)20(16,17)13-8(11-6)4-9(14)15/h1-3,12H,4H2,(H,11,13)(H,14,15). The number of nitrogens with one attached hydrogen (secondary N) is 2. The molecule has 0 spiro atoms. The van der Waals surface area contributed by atoms with Gasteiger partial charge in [-0.15, -0.1) is 4.40 Å². The molecule has 0 bridgehead atoms. The molecule has 0 radical (unpaired) electrons. The number of carboxylic acids is 1. The van der Waals surface area contributed by atoms with Crippen LogP contribution in [0.15, 0.2) is 27.5 Å². The van der Waals surface area contributed by atoms with E-state index < -0.39 is 29.6 Å². The average molecular weight is 445 g/mol. The number of benzene rings is 1. The number of rotatable bonds is 4. The van der Waals surface area contributed by atoms with Gasteiger partial charge in [-0.05, 0) is 18.2 Å². The fourth-order valence-electron chi connectivity index (χ4n) is 1.64. The maximum atomic E-state index is 12.0. The zero-order valence-corrected chi connectivity index (χ0v) is 13.9. The van der Waals surface area contributed by atoms with E-state index in [-0.39, 0.29) is 22.1 Å². The normalized spacial score (nSPS) is 16.3. The van der Waals surface area contributed by atoms with Crippen LogP contribution in [0.1, 0.15) is 6.42 Å². The zero-order chi connectivity index (χ0) is 15.8. The molecule has 0 aromatic heterocycles. The van der Waals surface area contributed by atoms with Crippen LogP contribution in [0.2, 0.25) is 0 Å². The molecule has 1 aliphatic heterocycles. The van der Waals surface area contributed by atoms with Crippen LogP contribution in [0.5, 0.6) is 0 Å². The quantitative estimate of drug-likeness (QED) is 0.459. The van der Waals surface area contributed by atoms with E-state index in [0.29, 0.717) is 0 Å². The highest BCUT2D eigenvalue weighted by Gasteiger charge is 2.26. The SMILES string of the molecule is O=C(O)CC1=NS(=O)(=O)c2cc(NS(=O)(=O)I)ccc2N1. The smallest absolute Gasteiger partial charge is 0.311 e. The maximum Gasteiger partial charge on any atom is 0.311 e. The van der Waals surface area contributed by atoms with Gasteiger partial charge in [0.15, 0.2) is 0 Å². The van der Waals surface area contributed by atoms with Crippen LogP contribution < -0.4 is 10.0 Å². The summed E-state index contributed by atoms with van der Waals surface area (Å²) in [6.07, 6.45) is -0.569. The van der Waals surface area contributed by atoms with Gasteiger partial charge in [-0.3, -0.25) is 9.52 Å². The molecule has 0 saturated carbocycles. The first-order valence-corrected chi connectivity index (χ1v) is 10.7. The predicted molar refractivity (Wildman–Crippen MR) is 83.5 cm³/mol. The van der Waals surface area contributed by atoms with E-state index >= 15 is 0 Å². The Kier molecular flexibility index (Phi) is 4.12. The summed E-state index contributed by atoms with van der Waals surface area (Å²) in [4.78, 5) is 10.4. The molecule has 1 aromatic rings. The molecular weight excluding hydrogens is 437 g/mol. The van der Waals surface area contributed by atoms with E-state index in [9.17, 15) is 21.6 Å². The largest absolute Gasteiger partial charge is 0.481 e. The van der Waals surface area contributed by atoms with Gasteiger partial charge in [-0.25, -0.2) is 0 Å². The highest BCUT2D eigenvalue weighted by molar-refractivity contribution is 14.2. The molecule has 1 aliphatic rings. The highest BCUT2D eigenvalue weighted by atomic mass is 127. The zero-order valence-electron chi connectivity index (χ0n) is 10.1. The van der Waals surface area contributed by atoms with Gasteiger partial charge in [0.05, 0.1) is 32.6 Å². The third-order valence-electron chi connectivity index (χ3n) is 2.33. The molecule has 114 valence electrons. The summed E-state index contributed by atoms with van der Waals surface area (Å²) >= 11 is 1.16. The Morgan fingerprint density at radius 3 is 2.67 bits per heavy atom. The fraction of sp³-hybridized carbons (Fsp3) is 0.111. The minimum Gasteiger partial charge on any atom is -0.481 e. The van der Waals surface area contributed by atoms with E-state index in [1.165, 1.54) is 12.1 Å². The number of halogens is 1. The Bertz CT molecular complexity index is 846. The molecule has 0 saturated heterocycles. The van der Waals surface area contributed by atoms with Gasteiger partial charge in [0.2, 0.25) is 0 Å². The molecule has 2 rings (SSSR count). The van der Waals surface area contributed by atoms with E-state index in [0.717, 1.165) is 27.3 Å². The third-order valence-corrected chi connectivity index (χ3v) is 4.82. The second-order valence-electron chi connectivity index (χ2n) is 3.96. The van der Waals surface area contributed by atoms with Gasteiger partial charge >= 0.3 is 5.97 Å². The summed E-state index contributed by atoms with van der Waals surface area (Å²) in [6.45, 7) is 0. The van der Waals surface area contributed by atoms with Crippen molar-refractivity contribution < 1.29 is 26.7 Å². The number of anilines is 2. The lowest BCUT2D eigenvalue weighted by molar-refractivity contribution is -0.135. The van der Waals surface area contributed by atoms with Crippen molar-refractivity contribution >= 4 is 61.6 Å². The maximum absolute atomic E-state index is 12.0. The number of nitrogens with zero attached hydrogens (tertiary/aromatic N) is 1. The van der Waals surface area contributed by atoms with Crippen molar-refractivity contribution in [3.05, 3.63) is 18.2 Å². The van der Waals surface area contributed by atoms with Crippen LogP contribution in [-0.2, 0) is 22.0 Å². The lowest BCUT2D eigenvalue weighted by Crippen LogP contribution is -2.24. The summed E-state index contributed by atoms with van der Waals surface area (Å²) in [5.74, 6) is -1.44. The fourth-order valence-corrected chi connectivity index (χ4v) is 3.98. The Hall–Kier alpha value is -1.41. The van der Waals surface area contributed by atoms with Gasteiger partial charge in [-0.1, -0.05) is 0 Å². The monoisotopic (exact) mass is 445 g/mol. The van der Waals surface area contributed by atoms with Gasteiger partial charge in [0, 0.05) is 0 Å². The van der Waals surface area contributed by atoms with Crippen LogP contribution in [0.3, 0.4) is 0 Å². The number of hydrogen-bond donors (Lipinski definition) is 3. The number of amidine groups is 1. The molecule has 9 nitrogen and oxygen atoms in total. The topological polar surface area (TPSA) is 142 Å². The van der Waals surface area contributed by atoms with E-state index in [2.05, 4.69) is 14.4 Å². The van der Waals surface area contributed by atoms with Crippen LogP contribution >= 0.6 is 21.2 Å². The lowest BCUT2D eigenvalue weighted by atomic mass is 10.2. The Morgan fingerprint density at radius 2 is 2.10 bits per heavy atom. The first-order valence-electron chi connectivity index (χ1n) is 5.26. The van der Waals surface area contributed by atoms with Crippen molar-refractivity contribution in [3.63, 3.8) is 0 Å². The summed E-state index contributed by atoms with van der Waals surface area (Å²) in [7, 11) is -7.67. The van der Waals surface area contributed by atoms with Gasteiger partial charge in [0.25, 0.3) is 17.2 Å². The summed E-state index contributed by atoms with van der Waals surface area (Å²) in [6, 6.07) is 3.78. The number of carboxylic acid groups (broad SMARTS) is 1. The Balaban J connectivity index is 2.44. The molecule has 3 N–H and O–H groups in total. The second kappa shape index (κ2) is 5.42. The minimum atomic E-state index is -4.09. The average Bonchev–Trinajstić information content (AvgIpc) is 2.26. The number of hydrogen-bond acceptors (Lipinski definition) is 6. The first kappa shape index (κ1) is 16.0. The first-order chi connectivity index (χ1) is 9.57. The van der Waals surface area contributed by atoms with Crippen molar-refractivity contribution in [2.75, 3.05) is 10.0 Å². The van der Waals surface area contributed by atoms with Gasteiger partial charge in [-0.2, -0.15) is 16.8 Å². The van der Waals surface area contributed by atoms with Crippen molar-refractivity contribution in [1.29, 1.82) is 0 Å². The van der Waals surface area contributed by atoms with Crippen LogP contribution in [0, 0.1) is 0 Å². The van der Waals surface area contributed by atoms with Crippen molar-refractivity contribution in [1.82, 2.24) is 0 Å². The van der Waals surface area contributed by atoms with Crippen molar-refractivity contribution in [3.8, 4) is 0 Å². The summed E-state index contributed by atoms with van der Waals surface area (Å²) in [5.41, 5.74) is 0.197. The Morgan fingerprint density at radius 1 is 1.43 bits per heavy atom. The number of fused-ring (bicyclic) bond motifs is 1. The summed E-state index contributed by atoms with van der Waals surface area (Å²) in [5, 5.41) is 11.2. The second-order valence-corrected chi connectivity index (χ2v) is 10.1. The highest BCUT2D eigenvalue weighted by Crippen LogP contribution is 2.31. The molecule has 12 heteroatoms. The van der Waals surface area contributed by atoms with Crippen molar-refractivity contribution in [2.45, 2.75) is 11.3 Å². The molecule has 1 heterocycles. The number of carbonyl (C=O) groups is 1. The number of sulfonamides is 1. The van der Waals surface area contributed by atoms with Gasteiger partial charge < -0.3 is 10.4 Å². The molecule has 1 aromatic carbocycles. The minimum absolute atomic E-state index is 0.0606. The predicted octanol–water partition coefficient (Wildman–Crippen LogP) is 0.766. The lowest BCUT2D eigenvalue weighted by Gasteiger charge is -2.18. The number of aliphatic carboxylic acids is 1. The van der Waals surface area contributed by atoms with Gasteiger partial charge in [0.1, 0.15) is 17.2 Å². The van der Waals surface area contributed by atoms with Crippen LogP contribution in [0.4, 0.5) is 11.4 Å². The van der Waals surface area contributed by atoms with Crippen LogP contribution in [-0.4, -0.2) is 33.7 Å².